The van der Waals surface area contributed by atoms with Crippen molar-refractivity contribution in [3.63, 3.8) is 0 Å². The normalized spacial score (nSPS) is 13.3. The number of rotatable bonds is 9. The number of aromatic hydroxyl groups is 1. The summed E-state index contributed by atoms with van der Waals surface area (Å²) in [4.78, 5) is 28.5. The third-order valence-electron chi connectivity index (χ3n) is 5.96. The Morgan fingerprint density at radius 1 is 1.16 bits per heavy atom. The van der Waals surface area contributed by atoms with Crippen LogP contribution in [0.5, 0.6) is 11.5 Å². The largest absolute Gasteiger partial charge is 0.507 e. The Bertz CT molecular complexity index is 1280. The summed E-state index contributed by atoms with van der Waals surface area (Å²) in [5.74, 6) is 0.184. The summed E-state index contributed by atoms with van der Waals surface area (Å²) in [7, 11) is 1.59. The van der Waals surface area contributed by atoms with Gasteiger partial charge in [-0.25, -0.2) is 9.78 Å². The number of benzene rings is 2. The number of allylic oxidation sites excluding steroid dienone is 1. The van der Waals surface area contributed by atoms with Crippen LogP contribution in [0.1, 0.15) is 39.7 Å². The van der Waals surface area contributed by atoms with Gasteiger partial charge in [0, 0.05) is 28.6 Å². The third-order valence-corrected chi connectivity index (χ3v) is 5.96. The van der Waals surface area contributed by atoms with Crippen LogP contribution in [0, 0.1) is 11.3 Å². The molecule has 3 aromatic rings. The highest BCUT2D eigenvalue weighted by Gasteiger charge is 2.31. The lowest BCUT2D eigenvalue weighted by Gasteiger charge is -2.28. The fourth-order valence-corrected chi connectivity index (χ4v) is 3.90. The van der Waals surface area contributed by atoms with E-state index in [-0.39, 0.29) is 18.3 Å². The summed E-state index contributed by atoms with van der Waals surface area (Å²) < 4.78 is 10.9. The average molecular weight is 506 g/mol. The van der Waals surface area contributed by atoms with Crippen molar-refractivity contribution in [1.82, 2.24) is 10.3 Å². The zero-order valence-electron chi connectivity index (χ0n) is 21.9. The van der Waals surface area contributed by atoms with Gasteiger partial charge in [0.2, 0.25) is 5.91 Å². The Labute approximate surface area is 217 Å². The van der Waals surface area contributed by atoms with Gasteiger partial charge in [0.15, 0.2) is 0 Å². The molecule has 0 saturated carbocycles. The minimum absolute atomic E-state index is 0.0265. The number of carbonyl (C=O) groups is 2. The van der Waals surface area contributed by atoms with Crippen LogP contribution in [-0.2, 0) is 9.53 Å². The summed E-state index contributed by atoms with van der Waals surface area (Å²) in [5.41, 5.74) is 7.89. The Hall–Kier alpha value is -4.07. The number of pyridine rings is 1. The quantitative estimate of drug-likeness (QED) is 0.363. The molecule has 0 saturated heterocycles. The third kappa shape index (κ3) is 7.22. The molecule has 8 heteroatoms. The average Bonchev–Trinajstić information content (AvgIpc) is 2.85. The second-order valence-corrected chi connectivity index (χ2v) is 10.2. The first-order valence-electron chi connectivity index (χ1n) is 12.2. The number of hydrogen-bond acceptors (Lipinski definition) is 6. The second-order valence-electron chi connectivity index (χ2n) is 10.2. The minimum atomic E-state index is -0.828. The number of aromatic nitrogens is 1. The molecule has 1 aromatic heterocycles. The summed E-state index contributed by atoms with van der Waals surface area (Å²) >= 11 is 0. The zero-order chi connectivity index (χ0) is 27.2. The summed E-state index contributed by atoms with van der Waals surface area (Å²) in [6.07, 6.45) is 3.81. The molecular weight excluding hydrogens is 470 g/mol. The highest BCUT2D eigenvalue weighted by molar-refractivity contribution is 5.91. The lowest BCUT2D eigenvalue weighted by molar-refractivity contribution is -0.122. The van der Waals surface area contributed by atoms with Crippen molar-refractivity contribution in [2.75, 3.05) is 13.7 Å². The van der Waals surface area contributed by atoms with Crippen LogP contribution in [0.3, 0.4) is 0 Å². The predicted molar refractivity (Wildman–Crippen MR) is 145 cm³/mol. The number of nitrogens with one attached hydrogen (secondary N) is 1. The van der Waals surface area contributed by atoms with Gasteiger partial charge in [0.1, 0.15) is 17.5 Å². The summed E-state index contributed by atoms with van der Waals surface area (Å²) in [5, 5.41) is 13.9. The second kappa shape index (κ2) is 11.8. The molecule has 0 radical (unpaired) electrons. The molecule has 0 aliphatic carbocycles. The highest BCUT2D eigenvalue weighted by Crippen LogP contribution is 2.34. The van der Waals surface area contributed by atoms with Crippen molar-refractivity contribution >= 4 is 29.0 Å². The van der Waals surface area contributed by atoms with Crippen molar-refractivity contribution in [3.05, 3.63) is 60.2 Å². The van der Waals surface area contributed by atoms with Crippen LogP contribution in [0.15, 0.2) is 54.6 Å². The van der Waals surface area contributed by atoms with Gasteiger partial charge < -0.3 is 25.6 Å². The number of nitrogens with two attached hydrogens (primary N) is 1. The number of ether oxygens (including phenoxy) is 2. The maximum absolute atomic E-state index is 12.2. The summed E-state index contributed by atoms with van der Waals surface area (Å²) in [6, 6.07) is 14.1. The van der Waals surface area contributed by atoms with Crippen molar-refractivity contribution < 1.29 is 24.2 Å². The van der Waals surface area contributed by atoms with E-state index in [1.54, 1.807) is 13.2 Å². The smallest absolute Gasteiger partial charge is 0.407 e. The molecule has 196 valence electrons. The van der Waals surface area contributed by atoms with E-state index < -0.39 is 23.5 Å². The first-order chi connectivity index (χ1) is 17.5. The van der Waals surface area contributed by atoms with Crippen LogP contribution in [0.4, 0.5) is 4.79 Å². The van der Waals surface area contributed by atoms with E-state index in [0.29, 0.717) is 28.8 Å². The standard InChI is InChI=1S/C29H35N3O5/c1-18(17-37-28(35)32-26(27(30)34)29(2,3)4)10-9-13-20-14-21-23(16-25(20)36-5)31-22(15-24(21)33)19-11-7-6-8-12-19/h6-9,11-16,18,26H,10,17H2,1-5H3,(H2,30,34)(H,31,33)(H,32,35)/b13-9+/t18?,26-/m1/s1. The number of carbonyl (C=O) groups excluding carboxylic acids is 2. The van der Waals surface area contributed by atoms with E-state index >= 15 is 0 Å². The van der Waals surface area contributed by atoms with Crippen LogP contribution in [0.25, 0.3) is 28.2 Å². The molecule has 4 N–H and O–H groups in total. The number of methoxy groups -OCH3 is 1. The fourth-order valence-electron chi connectivity index (χ4n) is 3.90. The molecule has 0 bridgehead atoms. The molecule has 0 aliphatic rings. The molecular formula is C29H35N3O5. The number of fused-ring (bicyclic) bond motifs is 1. The number of hydrogen-bond donors (Lipinski definition) is 3. The number of primary amides is 1. The van der Waals surface area contributed by atoms with E-state index in [0.717, 1.165) is 11.1 Å². The first-order valence-corrected chi connectivity index (χ1v) is 12.2. The molecule has 2 atom stereocenters. The Balaban J connectivity index is 1.66. The maximum atomic E-state index is 12.2. The van der Waals surface area contributed by atoms with Gasteiger partial charge in [0.25, 0.3) is 0 Å². The van der Waals surface area contributed by atoms with Gasteiger partial charge in [0.05, 0.1) is 24.9 Å². The molecule has 37 heavy (non-hydrogen) atoms. The van der Waals surface area contributed by atoms with Crippen molar-refractivity contribution in [2.45, 2.75) is 40.2 Å². The molecule has 2 amide bonds. The molecule has 1 heterocycles. The number of nitrogens with zero attached hydrogens (tertiary/aromatic N) is 1. The van der Waals surface area contributed by atoms with Gasteiger partial charge in [-0.05, 0) is 23.8 Å². The molecule has 8 nitrogen and oxygen atoms in total. The van der Waals surface area contributed by atoms with Crippen LogP contribution < -0.4 is 15.8 Å². The molecule has 3 rings (SSSR count). The lowest BCUT2D eigenvalue weighted by Crippen LogP contribution is -2.52. The van der Waals surface area contributed by atoms with Crippen LogP contribution in [-0.4, -0.2) is 41.8 Å². The van der Waals surface area contributed by atoms with Gasteiger partial charge in [-0.1, -0.05) is 70.2 Å². The Kier molecular flexibility index (Phi) is 8.76. The zero-order valence-corrected chi connectivity index (χ0v) is 21.9. The highest BCUT2D eigenvalue weighted by atomic mass is 16.5. The van der Waals surface area contributed by atoms with E-state index in [2.05, 4.69) is 5.32 Å². The van der Waals surface area contributed by atoms with Gasteiger partial charge in [-0.2, -0.15) is 0 Å². The fraction of sp³-hybridized carbons (Fsp3) is 0.345. The molecule has 1 unspecified atom stereocenters. The lowest BCUT2D eigenvalue weighted by atomic mass is 9.86. The van der Waals surface area contributed by atoms with Crippen molar-refractivity contribution in [1.29, 1.82) is 0 Å². The van der Waals surface area contributed by atoms with E-state index in [1.165, 1.54) is 0 Å². The molecule has 0 spiro atoms. The van der Waals surface area contributed by atoms with E-state index in [1.807, 2.05) is 82.3 Å². The van der Waals surface area contributed by atoms with Gasteiger partial charge >= 0.3 is 6.09 Å². The van der Waals surface area contributed by atoms with Gasteiger partial charge in [-0.3, -0.25) is 4.79 Å². The summed E-state index contributed by atoms with van der Waals surface area (Å²) in [6.45, 7) is 7.57. The molecule has 0 aliphatic heterocycles. The van der Waals surface area contributed by atoms with E-state index in [4.69, 9.17) is 20.2 Å². The van der Waals surface area contributed by atoms with Crippen molar-refractivity contribution in [3.8, 4) is 22.8 Å². The molecule has 2 aromatic carbocycles. The molecule has 0 fully saturated rings. The van der Waals surface area contributed by atoms with Crippen LogP contribution in [0.2, 0.25) is 0 Å². The SMILES string of the molecule is COc1cc2nc(-c3ccccc3)cc(O)c2cc1/C=C/CC(C)COC(=O)N[C@H](C(N)=O)C(C)(C)C. The van der Waals surface area contributed by atoms with Crippen LogP contribution >= 0.6 is 0 Å². The van der Waals surface area contributed by atoms with E-state index in [9.17, 15) is 14.7 Å². The van der Waals surface area contributed by atoms with Gasteiger partial charge in [-0.15, -0.1) is 0 Å². The van der Waals surface area contributed by atoms with Crippen molar-refractivity contribution in [2.24, 2.45) is 17.1 Å². The minimum Gasteiger partial charge on any atom is -0.507 e. The maximum Gasteiger partial charge on any atom is 0.407 e. The Morgan fingerprint density at radius 3 is 2.49 bits per heavy atom. The number of alkyl carbamates (subject to hydrolysis) is 1. The predicted octanol–water partition coefficient (Wildman–Crippen LogP) is 5.28. The first kappa shape index (κ1) is 27.5. The number of amides is 2. The Morgan fingerprint density at radius 2 is 1.86 bits per heavy atom. The monoisotopic (exact) mass is 505 g/mol. The topological polar surface area (TPSA) is 124 Å².